The van der Waals surface area contributed by atoms with Gasteiger partial charge in [0.1, 0.15) is 11.4 Å². The number of carbonyl (C=O) groups is 1. The van der Waals surface area contributed by atoms with Crippen LogP contribution < -0.4 is 5.32 Å². The fourth-order valence-corrected chi connectivity index (χ4v) is 3.05. The Hall–Kier alpha value is -3.76. The predicted octanol–water partition coefficient (Wildman–Crippen LogP) is 3.40. The van der Waals surface area contributed by atoms with Crippen molar-refractivity contribution in [3.05, 3.63) is 76.5 Å². The summed E-state index contributed by atoms with van der Waals surface area (Å²) in [5.74, 6) is -6.76. The van der Waals surface area contributed by atoms with E-state index in [9.17, 15) is 22.4 Å². The number of halogens is 4. The molecule has 0 aliphatic rings. The highest BCUT2D eigenvalue weighted by atomic mass is 19.2. The largest absolute Gasteiger partial charge is 0.319 e. The molecule has 11 heteroatoms. The van der Waals surface area contributed by atoms with Gasteiger partial charge in [0.25, 0.3) is 5.91 Å². The summed E-state index contributed by atoms with van der Waals surface area (Å²) in [5, 5.41) is 10.6. The Bertz CT molecular complexity index is 1300. The molecule has 1 aromatic carbocycles. The molecule has 0 atom stereocenters. The average molecular weight is 418 g/mol. The van der Waals surface area contributed by atoms with Crippen LogP contribution in [0.1, 0.15) is 27.3 Å². The van der Waals surface area contributed by atoms with Crippen molar-refractivity contribution in [1.82, 2.24) is 24.4 Å². The van der Waals surface area contributed by atoms with Gasteiger partial charge in [0.15, 0.2) is 23.1 Å². The smallest absolute Gasteiger partial charge is 0.261 e. The minimum absolute atomic E-state index is 0.229. The van der Waals surface area contributed by atoms with E-state index in [0.29, 0.717) is 5.65 Å². The lowest BCUT2D eigenvalue weighted by Gasteiger charge is -2.07. The second-order valence-electron chi connectivity index (χ2n) is 6.66. The number of fused-ring (bicyclic) bond motifs is 1. The van der Waals surface area contributed by atoms with Crippen LogP contribution in [0.25, 0.3) is 5.65 Å². The SMILES string of the molecule is Cc1cc(C)n2ncc(C(=O)Nc3cnn(Cc4c(F)cc(F)c(F)c4F)c3)c2n1. The average Bonchev–Trinajstić information content (AvgIpc) is 3.30. The lowest BCUT2D eigenvalue weighted by Crippen LogP contribution is -2.12. The quantitative estimate of drug-likeness (QED) is 0.313. The Labute approximate surface area is 167 Å². The van der Waals surface area contributed by atoms with Gasteiger partial charge in [-0.25, -0.2) is 27.1 Å². The molecule has 0 radical (unpaired) electrons. The summed E-state index contributed by atoms with van der Waals surface area (Å²) >= 11 is 0. The lowest BCUT2D eigenvalue weighted by atomic mass is 10.2. The van der Waals surface area contributed by atoms with Crippen molar-refractivity contribution < 1.29 is 22.4 Å². The molecule has 4 rings (SSSR count). The van der Waals surface area contributed by atoms with E-state index >= 15 is 0 Å². The van der Waals surface area contributed by atoms with Crippen LogP contribution in [-0.4, -0.2) is 30.3 Å². The zero-order valence-electron chi connectivity index (χ0n) is 15.8. The summed E-state index contributed by atoms with van der Waals surface area (Å²) in [4.78, 5) is 16.9. The summed E-state index contributed by atoms with van der Waals surface area (Å²) in [6.45, 7) is 3.13. The zero-order chi connectivity index (χ0) is 21.6. The first kappa shape index (κ1) is 19.6. The Morgan fingerprint density at radius 3 is 2.57 bits per heavy atom. The number of carbonyl (C=O) groups excluding carboxylic acids is 1. The molecule has 1 amide bonds. The number of aromatic nitrogens is 5. The first-order chi connectivity index (χ1) is 14.2. The molecule has 0 fully saturated rings. The van der Waals surface area contributed by atoms with Crippen LogP contribution in [-0.2, 0) is 6.54 Å². The lowest BCUT2D eigenvalue weighted by molar-refractivity contribution is 0.102. The van der Waals surface area contributed by atoms with E-state index in [4.69, 9.17) is 0 Å². The highest BCUT2D eigenvalue weighted by Crippen LogP contribution is 2.21. The van der Waals surface area contributed by atoms with E-state index in [0.717, 1.165) is 16.1 Å². The molecule has 0 unspecified atom stereocenters. The van der Waals surface area contributed by atoms with E-state index in [-0.39, 0.29) is 17.3 Å². The Kier molecular flexibility index (Phi) is 4.72. The van der Waals surface area contributed by atoms with Crippen molar-refractivity contribution in [1.29, 1.82) is 0 Å². The fourth-order valence-electron chi connectivity index (χ4n) is 3.05. The minimum Gasteiger partial charge on any atom is -0.319 e. The monoisotopic (exact) mass is 418 g/mol. The third-order valence-electron chi connectivity index (χ3n) is 4.44. The highest BCUT2D eigenvalue weighted by molar-refractivity contribution is 6.08. The number of anilines is 1. The van der Waals surface area contributed by atoms with Gasteiger partial charge in [0.05, 0.1) is 24.6 Å². The van der Waals surface area contributed by atoms with Gasteiger partial charge in [0.2, 0.25) is 0 Å². The number of benzene rings is 1. The van der Waals surface area contributed by atoms with Crippen molar-refractivity contribution in [3.63, 3.8) is 0 Å². The van der Waals surface area contributed by atoms with Crippen LogP contribution in [0, 0.1) is 37.1 Å². The highest BCUT2D eigenvalue weighted by Gasteiger charge is 2.20. The molecule has 0 saturated heterocycles. The van der Waals surface area contributed by atoms with Gasteiger partial charge < -0.3 is 5.32 Å². The van der Waals surface area contributed by atoms with Crippen LogP contribution in [0.3, 0.4) is 0 Å². The number of nitrogens with zero attached hydrogens (tertiary/aromatic N) is 5. The van der Waals surface area contributed by atoms with Crippen LogP contribution >= 0.6 is 0 Å². The summed E-state index contributed by atoms with van der Waals surface area (Å²) in [6.07, 6.45) is 3.93. The number of amides is 1. The summed E-state index contributed by atoms with van der Waals surface area (Å²) < 4.78 is 56.7. The maximum atomic E-state index is 13.8. The van der Waals surface area contributed by atoms with Crippen LogP contribution in [0.15, 0.2) is 30.7 Å². The molecule has 7 nitrogen and oxygen atoms in total. The van der Waals surface area contributed by atoms with Gasteiger partial charge in [0, 0.05) is 29.2 Å². The number of hydrogen-bond acceptors (Lipinski definition) is 4. The van der Waals surface area contributed by atoms with Crippen molar-refractivity contribution in [2.24, 2.45) is 0 Å². The first-order valence-corrected chi connectivity index (χ1v) is 8.72. The van der Waals surface area contributed by atoms with E-state index in [1.807, 2.05) is 13.0 Å². The molecule has 0 aliphatic carbocycles. The normalized spacial score (nSPS) is 11.3. The second-order valence-corrected chi connectivity index (χ2v) is 6.66. The molecule has 3 heterocycles. The third kappa shape index (κ3) is 3.38. The van der Waals surface area contributed by atoms with Crippen molar-refractivity contribution in [2.75, 3.05) is 5.32 Å². The molecule has 1 N–H and O–H groups in total. The van der Waals surface area contributed by atoms with Crippen molar-refractivity contribution >= 4 is 17.2 Å². The molecule has 30 heavy (non-hydrogen) atoms. The maximum Gasteiger partial charge on any atom is 0.261 e. The predicted molar refractivity (Wildman–Crippen MR) is 98.0 cm³/mol. The number of aryl methyl sites for hydroxylation is 2. The number of rotatable bonds is 4. The van der Waals surface area contributed by atoms with E-state index < -0.39 is 41.3 Å². The maximum absolute atomic E-state index is 13.8. The van der Waals surface area contributed by atoms with E-state index in [1.165, 1.54) is 23.1 Å². The summed E-state index contributed by atoms with van der Waals surface area (Å²) in [6, 6.07) is 2.09. The van der Waals surface area contributed by atoms with Gasteiger partial charge in [-0.3, -0.25) is 9.48 Å². The fraction of sp³-hybridized carbons (Fsp3) is 0.158. The molecule has 0 spiro atoms. The Balaban J connectivity index is 1.56. The molecular formula is C19H14F4N6O. The topological polar surface area (TPSA) is 77.1 Å². The zero-order valence-corrected chi connectivity index (χ0v) is 15.8. The van der Waals surface area contributed by atoms with E-state index in [1.54, 1.807) is 6.92 Å². The molecule has 4 aromatic rings. The van der Waals surface area contributed by atoms with Gasteiger partial charge in [-0.2, -0.15) is 10.2 Å². The Morgan fingerprint density at radius 2 is 1.80 bits per heavy atom. The molecule has 0 bridgehead atoms. The second kappa shape index (κ2) is 7.25. The van der Waals surface area contributed by atoms with Crippen LogP contribution in [0.4, 0.5) is 23.2 Å². The van der Waals surface area contributed by atoms with Gasteiger partial charge in [-0.05, 0) is 19.9 Å². The first-order valence-electron chi connectivity index (χ1n) is 8.72. The van der Waals surface area contributed by atoms with Gasteiger partial charge >= 0.3 is 0 Å². The van der Waals surface area contributed by atoms with Crippen LogP contribution in [0.5, 0.6) is 0 Å². The number of nitrogens with one attached hydrogen (secondary N) is 1. The molecular weight excluding hydrogens is 404 g/mol. The van der Waals surface area contributed by atoms with Gasteiger partial charge in [-0.1, -0.05) is 0 Å². The molecule has 3 aromatic heterocycles. The standard InChI is InChI=1S/C19H14F4N6O/c1-9-3-10(2)29-18(26-9)12(6-25-29)19(30)27-11-5-24-28(7-11)8-13-14(20)4-15(21)17(23)16(13)22/h3-7H,8H2,1-2H3,(H,27,30). The van der Waals surface area contributed by atoms with Crippen molar-refractivity contribution in [2.45, 2.75) is 20.4 Å². The summed E-state index contributed by atoms with van der Waals surface area (Å²) in [5.41, 5.74) is 1.67. The van der Waals surface area contributed by atoms with Gasteiger partial charge in [-0.15, -0.1) is 0 Å². The third-order valence-corrected chi connectivity index (χ3v) is 4.44. The van der Waals surface area contributed by atoms with Crippen LogP contribution in [0.2, 0.25) is 0 Å². The summed E-state index contributed by atoms with van der Waals surface area (Å²) in [7, 11) is 0. The Morgan fingerprint density at radius 1 is 1.03 bits per heavy atom. The molecule has 154 valence electrons. The minimum atomic E-state index is -1.77. The van der Waals surface area contributed by atoms with E-state index in [2.05, 4.69) is 20.5 Å². The van der Waals surface area contributed by atoms with Crippen molar-refractivity contribution in [3.8, 4) is 0 Å². The molecule has 0 saturated carbocycles. The molecule has 0 aliphatic heterocycles. The number of hydrogen-bond donors (Lipinski definition) is 1.